The van der Waals surface area contributed by atoms with Crippen LogP contribution in [-0.2, 0) is 32.7 Å². The third-order valence-electron chi connectivity index (χ3n) is 4.77. The van der Waals surface area contributed by atoms with Crippen molar-refractivity contribution < 1.29 is 22.7 Å². The van der Waals surface area contributed by atoms with Crippen LogP contribution >= 0.6 is 0 Å². The van der Waals surface area contributed by atoms with E-state index in [1.807, 2.05) is 6.07 Å². The number of sulfonamides is 1. The maximum absolute atomic E-state index is 13.0. The van der Waals surface area contributed by atoms with E-state index in [-0.39, 0.29) is 25.5 Å². The van der Waals surface area contributed by atoms with E-state index in [1.165, 1.54) is 11.9 Å². The molecule has 0 aliphatic carbocycles. The topological polar surface area (TPSA) is 109 Å². The van der Waals surface area contributed by atoms with Crippen LogP contribution in [0.4, 0.5) is 0 Å². The van der Waals surface area contributed by atoms with Crippen molar-refractivity contribution >= 4 is 21.8 Å². The van der Waals surface area contributed by atoms with Crippen LogP contribution in [0, 0.1) is 0 Å². The number of benzene rings is 1. The molecule has 0 aliphatic heterocycles. The zero-order valence-electron chi connectivity index (χ0n) is 18.1. The molecule has 0 radical (unpaired) electrons. The van der Waals surface area contributed by atoms with Gasteiger partial charge in [0.05, 0.1) is 32.1 Å². The van der Waals surface area contributed by atoms with Gasteiger partial charge < -0.3 is 15.0 Å². The molecule has 9 nitrogen and oxygen atoms in total. The van der Waals surface area contributed by atoms with Gasteiger partial charge in [0, 0.05) is 19.8 Å². The molecule has 1 heterocycles. The molecular formula is C21H28N4O5S. The highest BCUT2D eigenvalue weighted by Gasteiger charge is 2.28. The molecule has 1 atom stereocenters. The van der Waals surface area contributed by atoms with Crippen molar-refractivity contribution in [3.05, 3.63) is 59.9 Å². The minimum Gasteiger partial charge on any atom is -0.497 e. The SMILES string of the molecule is COc1ccc(CN(C(=O)CN(C)S(C)(=O)=O)C(C)C(=O)NCc2ccccn2)cc1. The summed E-state index contributed by atoms with van der Waals surface area (Å²) in [5, 5.41) is 2.77. The predicted octanol–water partition coefficient (Wildman–Crippen LogP) is 1.02. The summed E-state index contributed by atoms with van der Waals surface area (Å²) in [5.74, 6) is -0.182. The van der Waals surface area contributed by atoms with Crippen LogP contribution in [0.5, 0.6) is 5.75 Å². The van der Waals surface area contributed by atoms with E-state index in [1.54, 1.807) is 56.6 Å². The second kappa shape index (κ2) is 10.9. The van der Waals surface area contributed by atoms with Crippen molar-refractivity contribution in [2.45, 2.75) is 26.1 Å². The molecule has 10 heteroatoms. The third kappa shape index (κ3) is 7.34. The molecule has 0 saturated heterocycles. The van der Waals surface area contributed by atoms with Crippen molar-refractivity contribution in [2.24, 2.45) is 0 Å². The Balaban J connectivity index is 2.17. The molecule has 1 aromatic carbocycles. The van der Waals surface area contributed by atoms with Gasteiger partial charge in [0.2, 0.25) is 21.8 Å². The number of hydrogen-bond acceptors (Lipinski definition) is 6. The first-order chi connectivity index (χ1) is 14.6. The van der Waals surface area contributed by atoms with E-state index < -0.39 is 22.0 Å². The Kier molecular flexibility index (Phi) is 8.52. The Morgan fingerprint density at radius 3 is 2.39 bits per heavy atom. The summed E-state index contributed by atoms with van der Waals surface area (Å²) < 4.78 is 29.6. The van der Waals surface area contributed by atoms with Crippen LogP contribution in [0.3, 0.4) is 0 Å². The van der Waals surface area contributed by atoms with Gasteiger partial charge in [0.1, 0.15) is 11.8 Å². The smallest absolute Gasteiger partial charge is 0.242 e. The number of carbonyl (C=O) groups is 2. The van der Waals surface area contributed by atoms with Crippen molar-refractivity contribution in [1.82, 2.24) is 19.5 Å². The van der Waals surface area contributed by atoms with Gasteiger partial charge in [-0.3, -0.25) is 14.6 Å². The van der Waals surface area contributed by atoms with Gasteiger partial charge in [-0.1, -0.05) is 18.2 Å². The summed E-state index contributed by atoms with van der Waals surface area (Å²) >= 11 is 0. The lowest BCUT2D eigenvalue weighted by molar-refractivity contribution is -0.140. The van der Waals surface area contributed by atoms with Crippen molar-refractivity contribution in [1.29, 1.82) is 0 Å². The molecule has 1 N–H and O–H groups in total. The summed E-state index contributed by atoms with van der Waals surface area (Å²) in [7, 11) is -0.666. The number of pyridine rings is 1. The number of hydrogen-bond donors (Lipinski definition) is 1. The number of aromatic nitrogens is 1. The molecule has 0 saturated carbocycles. The van der Waals surface area contributed by atoms with E-state index >= 15 is 0 Å². The van der Waals surface area contributed by atoms with E-state index in [2.05, 4.69) is 10.3 Å². The van der Waals surface area contributed by atoms with Crippen LogP contribution in [0.2, 0.25) is 0 Å². The van der Waals surface area contributed by atoms with Gasteiger partial charge in [0.15, 0.2) is 0 Å². The van der Waals surface area contributed by atoms with E-state index in [0.29, 0.717) is 11.4 Å². The van der Waals surface area contributed by atoms with Crippen molar-refractivity contribution in [3.8, 4) is 5.75 Å². The number of nitrogens with one attached hydrogen (secondary N) is 1. The zero-order chi connectivity index (χ0) is 23.0. The number of amides is 2. The van der Waals surface area contributed by atoms with Crippen molar-refractivity contribution in [2.75, 3.05) is 27.0 Å². The first kappa shape index (κ1) is 24.3. The number of nitrogens with zero attached hydrogens (tertiary/aromatic N) is 3. The van der Waals surface area contributed by atoms with Gasteiger partial charge in [-0.2, -0.15) is 4.31 Å². The molecule has 0 spiro atoms. The summed E-state index contributed by atoms with van der Waals surface area (Å²) in [6.45, 7) is 1.60. The third-order valence-corrected chi connectivity index (χ3v) is 6.03. The summed E-state index contributed by atoms with van der Waals surface area (Å²) in [5.41, 5.74) is 1.47. The van der Waals surface area contributed by atoms with Gasteiger partial charge in [-0.05, 0) is 36.8 Å². The van der Waals surface area contributed by atoms with Gasteiger partial charge in [-0.25, -0.2) is 8.42 Å². The molecule has 0 aliphatic rings. The molecule has 2 rings (SSSR count). The minimum absolute atomic E-state index is 0.138. The lowest BCUT2D eigenvalue weighted by Crippen LogP contribution is -2.50. The molecular weight excluding hydrogens is 420 g/mol. The Morgan fingerprint density at radius 1 is 1.16 bits per heavy atom. The average molecular weight is 449 g/mol. The molecule has 168 valence electrons. The highest BCUT2D eigenvalue weighted by atomic mass is 32.2. The maximum atomic E-state index is 13.0. The fourth-order valence-electron chi connectivity index (χ4n) is 2.74. The lowest BCUT2D eigenvalue weighted by atomic mass is 10.1. The number of methoxy groups -OCH3 is 1. The van der Waals surface area contributed by atoms with E-state index in [4.69, 9.17) is 4.74 Å². The number of ether oxygens (including phenoxy) is 1. The Bertz CT molecular complexity index is 981. The van der Waals surface area contributed by atoms with Gasteiger partial charge in [0.25, 0.3) is 0 Å². The average Bonchev–Trinajstić information content (AvgIpc) is 2.75. The number of likely N-dealkylation sites (N-methyl/N-ethyl adjacent to an activating group) is 1. The molecule has 1 unspecified atom stereocenters. The molecule has 31 heavy (non-hydrogen) atoms. The standard InChI is InChI=1S/C21H28N4O5S/c1-16(21(27)23-13-18-7-5-6-12-22-18)25(20(26)15-24(2)31(4,28)29)14-17-8-10-19(30-3)11-9-17/h5-12,16H,13-15H2,1-4H3,(H,23,27). The van der Waals surface area contributed by atoms with Gasteiger partial charge >= 0.3 is 0 Å². The largest absolute Gasteiger partial charge is 0.497 e. The molecule has 0 fully saturated rings. The molecule has 2 aromatic rings. The molecule has 0 bridgehead atoms. The Labute approximate surface area is 183 Å². The first-order valence-electron chi connectivity index (χ1n) is 9.63. The van der Waals surface area contributed by atoms with Crippen LogP contribution in [0.1, 0.15) is 18.2 Å². The fraction of sp³-hybridized carbons (Fsp3) is 0.381. The lowest BCUT2D eigenvalue weighted by Gasteiger charge is -2.30. The second-order valence-corrected chi connectivity index (χ2v) is 9.19. The predicted molar refractivity (Wildman–Crippen MR) is 117 cm³/mol. The molecule has 2 amide bonds. The van der Waals surface area contributed by atoms with Crippen LogP contribution in [-0.4, -0.2) is 67.4 Å². The molecule has 1 aromatic heterocycles. The van der Waals surface area contributed by atoms with Crippen LogP contribution in [0.25, 0.3) is 0 Å². The Morgan fingerprint density at radius 2 is 1.84 bits per heavy atom. The normalized spacial score (nSPS) is 12.3. The summed E-state index contributed by atoms with van der Waals surface area (Å²) in [6.07, 6.45) is 2.66. The maximum Gasteiger partial charge on any atom is 0.242 e. The summed E-state index contributed by atoms with van der Waals surface area (Å²) in [4.78, 5) is 31.2. The number of rotatable bonds is 10. The van der Waals surface area contributed by atoms with Crippen LogP contribution < -0.4 is 10.1 Å². The fourth-order valence-corrected chi connectivity index (χ4v) is 3.08. The minimum atomic E-state index is -3.54. The first-order valence-corrected chi connectivity index (χ1v) is 11.5. The summed E-state index contributed by atoms with van der Waals surface area (Å²) in [6, 6.07) is 11.6. The Hall–Kier alpha value is -2.98. The van der Waals surface area contributed by atoms with Crippen molar-refractivity contribution in [3.63, 3.8) is 0 Å². The quantitative estimate of drug-likeness (QED) is 0.581. The van der Waals surface area contributed by atoms with Crippen LogP contribution in [0.15, 0.2) is 48.7 Å². The monoisotopic (exact) mass is 448 g/mol. The second-order valence-electron chi connectivity index (χ2n) is 7.10. The number of carbonyl (C=O) groups excluding carboxylic acids is 2. The van der Waals surface area contributed by atoms with E-state index in [9.17, 15) is 18.0 Å². The highest BCUT2D eigenvalue weighted by molar-refractivity contribution is 7.88. The van der Waals surface area contributed by atoms with E-state index in [0.717, 1.165) is 16.1 Å². The highest BCUT2D eigenvalue weighted by Crippen LogP contribution is 2.15. The van der Waals surface area contributed by atoms with Gasteiger partial charge in [-0.15, -0.1) is 0 Å². The zero-order valence-corrected chi connectivity index (χ0v) is 18.9.